The molecule has 10 nitrogen and oxygen atoms in total. The largest absolute Gasteiger partial charge is 0.393 e. The van der Waals surface area contributed by atoms with Crippen LogP contribution in [0, 0.1) is 0 Å². The number of aliphatic hydroxyl groups excluding tert-OH is 2. The van der Waals surface area contributed by atoms with Crippen molar-refractivity contribution in [2.75, 3.05) is 6.61 Å². The van der Waals surface area contributed by atoms with Gasteiger partial charge < -0.3 is 14.9 Å². The minimum absolute atomic E-state index is 0.123. The van der Waals surface area contributed by atoms with E-state index in [0.717, 1.165) is 10.8 Å². The summed E-state index contributed by atoms with van der Waals surface area (Å²) >= 11 is 5.61. The van der Waals surface area contributed by atoms with E-state index in [9.17, 15) is 19.8 Å². The average Bonchev–Trinajstić information content (AvgIpc) is 2.72. The molecule has 3 N–H and O–H groups in total. The number of nitrogens with zero attached hydrogens (tertiary/aromatic N) is 4. The summed E-state index contributed by atoms with van der Waals surface area (Å²) < 4.78 is 6.22. The molecule has 20 heavy (non-hydrogen) atoms. The van der Waals surface area contributed by atoms with Crippen LogP contribution in [-0.4, -0.2) is 38.2 Å². The average molecular weight is 304 g/mol. The zero-order chi connectivity index (χ0) is 14.9. The number of ether oxygens (including phenoxy) is 1. The van der Waals surface area contributed by atoms with E-state index in [2.05, 4.69) is 10.0 Å². The highest BCUT2D eigenvalue weighted by atomic mass is 35.5. The molecule has 108 valence electrons. The molecule has 0 saturated carbocycles. The third-order valence-corrected chi connectivity index (χ3v) is 3.23. The van der Waals surface area contributed by atoms with Gasteiger partial charge >= 0.3 is 5.69 Å². The number of hydrogen-bond donors (Lipinski definition) is 3. The van der Waals surface area contributed by atoms with Gasteiger partial charge in [-0.2, -0.15) is 0 Å². The second-order valence-electron chi connectivity index (χ2n) is 4.16. The highest BCUT2D eigenvalue weighted by Gasteiger charge is 2.48. The van der Waals surface area contributed by atoms with Crippen LogP contribution in [0.4, 0.5) is 0 Å². The summed E-state index contributed by atoms with van der Waals surface area (Å²) in [5, 5.41) is 22.1. The van der Waals surface area contributed by atoms with Crippen molar-refractivity contribution in [3.05, 3.63) is 42.5 Å². The summed E-state index contributed by atoms with van der Waals surface area (Å²) in [4.78, 5) is 27.3. The number of aliphatic hydroxyl groups is 2. The van der Waals surface area contributed by atoms with E-state index in [-0.39, 0.29) is 11.4 Å². The number of H-pyrrole nitrogens is 1. The first-order chi connectivity index (χ1) is 9.43. The first-order valence-corrected chi connectivity index (χ1v) is 5.85. The summed E-state index contributed by atoms with van der Waals surface area (Å²) in [5.41, 5.74) is 5.02. The monoisotopic (exact) mass is 303 g/mol. The van der Waals surface area contributed by atoms with Gasteiger partial charge in [0, 0.05) is 17.5 Å². The fourth-order valence-electron chi connectivity index (χ4n) is 1.92. The van der Waals surface area contributed by atoms with Crippen LogP contribution in [0.2, 0.25) is 5.02 Å². The van der Waals surface area contributed by atoms with Crippen molar-refractivity contribution in [3.63, 3.8) is 0 Å². The summed E-state index contributed by atoms with van der Waals surface area (Å²) in [6.45, 7) is -0.763. The highest BCUT2D eigenvalue weighted by molar-refractivity contribution is 6.30. The topological polar surface area (TPSA) is 153 Å². The third kappa shape index (κ3) is 2.30. The molecule has 1 saturated heterocycles. The van der Waals surface area contributed by atoms with Crippen LogP contribution in [0.3, 0.4) is 0 Å². The van der Waals surface area contributed by atoms with Gasteiger partial charge in [-0.1, -0.05) is 16.7 Å². The van der Waals surface area contributed by atoms with Gasteiger partial charge in [0.05, 0.1) is 12.7 Å². The summed E-state index contributed by atoms with van der Waals surface area (Å²) in [6.07, 6.45) is -1.43. The smallest absolute Gasteiger partial charge is 0.330 e. The normalized spacial score (nSPS) is 29.1. The van der Waals surface area contributed by atoms with E-state index >= 15 is 0 Å². The number of rotatable bonds is 3. The molecule has 1 aliphatic heterocycles. The molecule has 0 aromatic carbocycles. The number of azide groups is 1. The Kier molecular flexibility index (Phi) is 3.84. The van der Waals surface area contributed by atoms with E-state index in [4.69, 9.17) is 21.9 Å². The number of halogens is 1. The Hall–Kier alpha value is -1.84. The highest BCUT2D eigenvalue weighted by Crippen LogP contribution is 2.37. The second-order valence-corrected chi connectivity index (χ2v) is 4.57. The first-order valence-electron chi connectivity index (χ1n) is 5.47. The Morgan fingerprint density at radius 1 is 1.70 bits per heavy atom. The lowest BCUT2D eigenvalue weighted by molar-refractivity contribution is -0.124. The van der Waals surface area contributed by atoms with Gasteiger partial charge in [0.25, 0.3) is 5.56 Å². The Bertz CT molecular complexity index is 680. The third-order valence-electron chi connectivity index (χ3n) is 2.96. The van der Waals surface area contributed by atoms with Gasteiger partial charge in [-0.3, -0.25) is 14.3 Å². The summed E-state index contributed by atoms with van der Waals surface area (Å²) in [5.74, 6) is 0. The Morgan fingerprint density at radius 3 is 3.00 bits per heavy atom. The van der Waals surface area contributed by atoms with E-state index in [0.29, 0.717) is 0 Å². The maximum absolute atomic E-state index is 11.7. The molecule has 11 heteroatoms. The van der Waals surface area contributed by atoms with Gasteiger partial charge in [0.15, 0.2) is 5.72 Å². The molecule has 2 rings (SSSR count). The lowest BCUT2D eigenvalue weighted by Gasteiger charge is -2.24. The molecule has 1 fully saturated rings. The summed E-state index contributed by atoms with van der Waals surface area (Å²) in [6, 6.07) is 0. The predicted molar refractivity (Wildman–Crippen MR) is 66.0 cm³/mol. The molecule has 2 heterocycles. The van der Waals surface area contributed by atoms with Crippen molar-refractivity contribution in [2.45, 2.75) is 24.5 Å². The lowest BCUT2D eigenvalue weighted by Crippen LogP contribution is -2.41. The van der Waals surface area contributed by atoms with E-state index in [1.165, 1.54) is 0 Å². The molecule has 0 aliphatic carbocycles. The molecular formula is C9H10ClN5O5. The van der Waals surface area contributed by atoms with Crippen LogP contribution in [0.15, 0.2) is 20.9 Å². The van der Waals surface area contributed by atoms with Crippen molar-refractivity contribution < 1.29 is 14.9 Å². The lowest BCUT2D eigenvalue weighted by atomic mass is 10.1. The van der Waals surface area contributed by atoms with Crippen LogP contribution in [0.5, 0.6) is 0 Å². The SMILES string of the molecule is [N-]=[N+]=N[C@]1(CO)O[C@H](n2cc(Cl)c(=O)[nH]c2=O)C[C@@H]1O. The molecule has 0 radical (unpaired) electrons. The van der Waals surface area contributed by atoms with Crippen LogP contribution >= 0.6 is 11.6 Å². The quantitative estimate of drug-likeness (QED) is 0.389. The van der Waals surface area contributed by atoms with E-state index < -0.39 is 35.9 Å². The fraction of sp³-hybridized carbons (Fsp3) is 0.556. The maximum Gasteiger partial charge on any atom is 0.330 e. The number of aromatic nitrogens is 2. The molecule has 0 unspecified atom stereocenters. The standard InChI is InChI=1S/C9H10ClN5O5/c10-4-2-15(8(19)12-7(4)18)6-1-5(17)9(3-16,20-6)13-14-11/h2,5-6,16-17H,1,3H2,(H,12,18,19)/t5-,6-,9+/m0/s1. The van der Waals surface area contributed by atoms with Gasteiger partial charge in [-0.05, 0) is 5.53 Å². The Labute approximate surface area is 115 Å². The van der Waals surface area contributed by atoms with Gasteiger partial charge in [0.1, 0.15) is 11.3 Å². The predicted octanol–water partition coefficient (Wildman–Crippen LogP) is -0.531. The molecule has 0 spiro atoms. The van der Waals surface area contributed by atoms with Crippen molar-refractivity contribution in [3.8, 4) is 0 Å². The van der Waals surface area contributed by atoms with Crippen LogP contribution in [0.25, 0.3) is 10.4 Å². The van der Waals surface area contributed by atoms with E-state index in [1.807, 2.05) is 4.98 Å². The van der Waals surface area contributed by atoms with Crippen LogP contribution in [-0.2, 0) is 4.74 Å². The Morgan fingerprint density at radius 2 is 2.40 bits per heavy atom. The van der Waals surface area contributed by atoms with Crippen LogP contribution in [0.1, 0.15) is 12.6 Å². The van der Waals surface area contributed by atoms with Gasteiger partial charge in [0.2, 0.25) is 0 Å². The molecule has 3 atom stereocenters. The number of nitrogens with one attached hydrogen (secondary N) is 1. The zero-order valence-electron chi connectivity index (χ0n) is 9.93. The van der Waals surface area contributed by atoms with Gasteiger partial charge in [-0.15, -0.1) is 0 Å². The minimum Gasteiger partial charge on any atom is -0.393 e. The van der Waals surface area contributed by atoms with Gasteiger partial charge in [-0.25, -0.2) is 4.79 Å². The first kappa shape index (κ1) is 14.6. The molecule has 0 amide bonds. The number of hydrogen-bond acceptors (Lipinski definition) is 6. The second kappa shape index (κ2) is 5.27. The molecule has 1 aromatic heterocycles. The maximum atomic E-state index is 11.7. The van der Waals surface area contributed by atoms with Crippen molar-refractivity contribution in [1.29, 1.82) is 0 Å². The van der Waals surface area contributed by atoms with Crippen molar-refractivity contribution >= 4 is 11.6 Å². The fourth-order valence-corrected chi connectivity index (χ4v) is 2.07. The van der Waals surface area contributed by atoms with Crippen LogP contribution < -0.4 is 11.2 Å². The molecule has 0 bridgehead atoms. The number of aromatic amines is 1. The Balaban J connectivity index is 2.43. The zero-order valence-corrected chi connectivity index (χ0v) is 10.7. The molecular weight excluding hydrogens is 294 g/mol. The van der Waals surface area contributed by atoms with E-state index in [1.54, 1.807) is 0 Å². The summed E-state index contributed by atoms with van der Waals surface area (Å²) in [7, 11) is 0. The minimum atomic E-state index is -1.87. The van der Waals surface area contributed by atoms with Crippen molar-refractivity contribution in [1.82, 2.24) is 9.55 Å². The molecule has 1 aromatic rings. The van der Waals surface area contributed by atoms with Crippen molar-refractivity contribution in [2.24, 2.45) is 5.11 Å². The molecule has 1 aliphatic rings.